The monoisotopic (exact) mass is 501 g/mol. The highest BCUT2D eigenvalue weighted by molar-refractivity contribution is 6.35. The molecule has 0 aliphatic heterocycles. The van der Waals surface area contributed by atoms with Crippen molar-refractivity contribution in [3.05, 3.63) is 76.5 Å². The van der Waals surface area contributed by atoms with Crippen LogP contribution in [-0.4, -0.2) is 25.5 Å². The van der Waals surface area contributed by atoms with E-state index >= 15 is 0 Å². The Balaban J connectivity index is 1.43. The fraction of sp³-hybridized carbons (Fsp3) is 0.333. The van der Waals surface area contributed by atoms with Crippen LogP contribution in [0.25, 0.3) is 10.9 Å². The lowest BCUT2D eigenvalue weighted by Gasteiger charge is -2.22. The van der Waals surface area contributed by atoms with Crippen LogP contribution in [0.5, 0.6) is 0 Å². The fourth-order valence-electron chi connectivity index (χ4n) is 4.64. The molecule has 2 aliphatic carbocycles. The van der Waals surface area contributed by atoms with E-state index in [1.807, 2.05) is 23.0 Å². The third kappa shape index (κ3) is 4.24. The summed E-state index contributed by atoms with van der Waals surface area (Å²) in [7, 11) is 0. The molecule has 0 amide bonds. The van der Waals surface area contributed by atoms with Gasteiger partial charge < -0.3 is 10.6 Å². The molecule has 2 heterocycles. The second kappa shape index (κ2) is 8.75. The standard InChI is InChI=1S/C27H25ClFN7/c1-2-27(9-10-27)33-24-17(13-30)14-31-26-21(24)11-19(12-22(26)28)32-25(16-3-5-18(29)6-4-16)23-15-36(35-34-23)20-7-8-20/h3-6,11-12,14-15,20,25,32H,2,7-10H2,1H3,(H,31,33). The van der Waals surface area contributed by atoms with E-state index in [9.17, 15) is 9.65 Å². The molecule has 0 radical (unpaired) electrons. The van der Waals surface area contributed by atoms with Gasteiger partial charge in [0.25, 0.3) is 0 Å². The number of nitriles is 1. The molecule has 2 aliphatic rings. The van der Waals surface area contributed by atoms with Gasteiger partial charge >= 0.3 is 0 Å². The maximum absolute atomic E-state index is 13.7. The summed E-state index contributed by atoms with van der Waals surface area (Å²) in [6.07, 6.45) is 8.81. The van der Waals surface area contributed by atoms with Gasteiger partial charge in [0.1, 0.15) is 17.6 Å². The molecule has 0 spiro atoms. The smallest absolute Gasteiger partial charge is 0.123 e. The molecule has 7 nitrogen and oxygen atoms in total. The molecule has 0 saturated heterocycles. The van der Waals surface area contributed by atoms with Crippen LogP contribution in [0.2, 0.25) is 5.02 Å². The first-order valence-electron chi connectivity index (χ1n) is 12.2. The fourth-order valence-corrected chi connectivity index (χ4v) is 4.90. The second-order valence-electron chi connectivity index (χ2n) is 9.76. The SMILES string of the molecule is CCC1(Nc2c(C#N)cnc3c(Cl)cc(NC(c4ccc(F)cc4)c4cn(C5CC5)nn4)cc23)CC1. The van der Waals surface area contributed by atoms with Crippen LogP contribution in [-0.2, 0) is 0 Å². The van der Waals surface area contributed by atoms with Gasteiger partial charge in [0.15, 0.2) is 0 Å². The number of fused-ring (bicyclic) bond motifs is 1. The van der Waals surface area contributed by atoms with Crippen molar-refractivity contribution in [3.63, 3.8) is 0 Å². The minimum Gasteiger partial charge on any atom is -0.378 e. The lowest BCUT2D eigenvalue weighted by atomic mass is 10.0. The molecule has 1 unspecified atom stereocenters. The van der Waals surface area contributed by atoms with Crippen molar-refractivity contribution >= 4 is 33.9 Å². The Morgan fingerprint density at radius 2 is 2.03 bits per heavy atom. The first-order chi connectivity index (χ1) is 17.5. The van der Waals surface area contributed by atoms with Gasteiger partial charge in [0.05, 0.1) is 40.1 Å². The predicted molar refractivity (Wildman–Crippen MR) is 138 cm³/mol. The molecule has 6 rings (SSSR count). The van der Waals surface area contributed by atoms with E-state index in [0.29, 0.717) is 22.1 Å². The van der Waals surface area contributed by atoms with E-state index in [-0.39, 0.29) is 17.4 Å². The summed E-state index contributed by atoms with van der Waals surface area (Å²) in [5, 5.41) is 27.0. The van der Waals surface area contributed by atoms with E-state index in [4.69, 9.17) is 11.6 Å². The molecule has 36 heavy (non-hydrogen) atoms. The molecular formula is C27H25ClFN7. The van der Waals surface area contributed by atoms with Crippen LogP contribution in [0, 0.1) is 17.1 Å². The van der Waals surface area contributed by atoms with Crippen LogP contribution >= 0.6 is 11.6 Å². The van der Waals surface area contributed by atoms with E-state index in [1.165, 1.54) is 12.1 Å². The number of rotatable bonds is 8. The normalized spacial score (nSPS) is 16.9. The van der Waals surface area contributed by atoms with Crippen molar-refractivity contribution in [1.82, 2.24) is 20.0 Å². The molecule has 2 N–H and O–H groups in total. The summed E-state index contributed by atoms with van der Waals surface area (Å²) in [6.45, 7) is 2.15. The first-order valence-corrected chi connectivity index (χ1v) is 12.6. The van der Waals surface area contributed by atoms with Crippen LogP contribution in [0.3, 0.4) is 0 Å². The number of nitrogens with one attached hydrogen (secondary N) is 2. The molecule has 1 atom stereocenters. The highest BCUT2D eigenvalue weighted by Crippen LogP contribution is 2.45. The number of hydrogen-bond acceptors (Lipinski definition) is 6. The Labute approximate surface area is 213 Å². The summed E-state index contributed by atoms with van der Waals surface area (Å²) in [5.74, 6) is -0.302. The number of hydrogen-bond donors (Lipinski definition) is 2. The first kappa shape index (κ1) is 22.7. The van der Waals surface area contributed by atoms with Gasteiger partial charge in [-0.05, 0) is 61.9 Å². The number of anilines is 2. The number of nitrogens with zero attached hydrogens (tertiary/aromatic N) is 5. The summed E-state index contributed by atoms with van der Waals surface area (Å²) in [4.78, 5) is 4.47. The summed E-state index contributed by atoms with van der Waals surface area (Å²) in [6, 6.07) is 12.4. The molecule has 182 valence electrons. The topological polar surface area (TPSA) is 91.5 Å². The van der Waals surface area contributed by atoms with Crippen LogP contribution in [0.15, 0.2) is 48.8 Å². The highest BCUT2D eigenvalue weighted by atomic mass is 35.5. The van der Waals surface area contributed by atoms with Crippen molar-refractivity contribution in [3.8, 4) is 6.07 Å². The summed E-state index contributed by atoms with van der Waals surface area (Å²) in [5.41, 5.74) is 4.20. The van der Waals surface area contributed by atoms with Crippen LogP contribution in [0.1, 0.15) is 67.9 Å². The molecular weight excluding hydrogens is 477 g/mol. The Morgan fingerprint density at radius 3 is 2.69 bits per heavy atom. The zero-order valence-electron chi connectivity index (χ0n) is 19.8. The number of benzene rings is 2. The largest absolute Gasteiger partial charge is 0.378 e. The van der Waals surface area contributed by atoms with Crippen molar-refractivity contribution in [2.24, 2.45) is 0 Å². The van der Waals surface area contributed by atoms with Gasteiger partial charge in [-0.1, -0.05) is 35.9 Å². The van der Waals surface area contributed by atoms with Gasteiger partial charge in [-0.15, -0.1) is 5.10 Å². The Morgan fingerprint density at radius 1 is 1.25 bits per heavy atom. The van der Waals surface area contributed by atoms with E-state index < -0.39 is 0 Å². The molecule has 2 saturated carbocycles. The second-order valence-corrected chi connectivity index (χ2v) is 10.2. The van der Waals surface area contributed by atoms with Crippen molar-refractivity contribution in [1.29, 1.82) is 5.26 Å². The van der Waals surface area contributed by atoms with Gasteiger partial charge in [-0.2, -0.15) is 5.26 Å². The summed E-state index contributed by atoms with van der Waals surface area (Å²) < 4.78 is 15.6. The average molecular weight is 502 g/mol. The van der Waals surface area contributed by atoms with E-state index in [0.717, 1.165) is 60.1 Å². The third-order valence-electron chi connectivity index (χ3n) is 7.22. The summed E-state index contributed by atoms with van der Waals surface area (Å²) >= 11 is 6.71. The molecule has 2 aromatic carbocycles. The number of pyridine rings is 1. The maximum Gasteiger partial charge on any atom is 0.123 e. The maximum atomic E-state index is 13.7. The van der Waals surface area contributed by atoms with E-state index in [2.05, 4.69) is 38.9 Å². The zero-order chi connectivity index (χ0) is 24.9. The van der Waals surface area contributed by atoms with Gasteiger partial charge in [-0.25, -0.2) is 9.07 Å². The molecule has 2 aromatic heterocycles. The highest BCUT2D eigenvalue weighted by Gasteiger charge is 2.41. The Hall–Kier alpha value is -3.70. The van der Waals surface area contributed by atoms with Gasteiger partial charge in [0, 0.05) is 22.8 Å². The van der Waals surface area contributed by atoms with Crippen molar-refractivity contribution < 1.29 is 4.39 Å². The van der Waals surface area contributed by atoms with Gasteiger partial charge in [0.2, 0.25) is 0 Å². The third-order valence-corrected chi connectivity index (χ3v) is 7.51. The average Bonchev–Trinajstić information content (AvgIpc) is 3.82. The van der Waals surface area contributed by atoms with Crippen molar-refractivity contribution in [2.45, 2.75) is 56.7 Å². The van der Waals surface area contributed by atoms with Crippen LogP contribution < -0.4 is 10.6 Å². The Bertz CT molecular complexity index is 1480. The Kier molecular flexibility index (Phi) is 5.53. The van der Waals surface area contributed by atoms with Gasteiger partial charge in [-0.3, -0.25) is 4.98 Å². The number of aromatic nitrogens is 4. The minimum atomic E-state index is -0.374. The lowest BCUT2D eigenvalue weighted by Crippen LogP contribution is -2.21. The molecule has 4 aromatic rings. The van der Waals surface area contributed by atoms with Crippen molar-refractivity contribution in [2.75, 3.05) is 10.6 Å². The quantitative estimate of drug-likeness (QED) is 0.291. The molecule has 9 heteroatoms. The van der Waals surface area contributed by atoms with E-state index in [1.54, 1.807) is 18.3 Å². The molecule has 0 bridgehead atoms. The minimum absolute atomic E-state index is 0.00769. The van der Waals surface area contributed by atoms with Crippen LogP contribution in [0.4, 0.5) is 15.8 Å². The zero-order valence-corrected chi connectivity index (χ0v) is 20.6. The lowest BCUT2D eigenvalue weighted by molar-refractivity contribution is 0.610. The predicted octanol–water partition coefficient (Wildman–Crippen LogP) is 6.38. The molecule has 2 fully saturated rings. The number of halogens is 2.